The quantitative estimate of drug-likeness (QED) is 0.113. The summed E-state index contributed by atoms with van der Waals surface area (Å²) in [6, 6.07) is -0.766. The van der Waals surface area contributed by atoms with Crippen LogP contribution in [0.25, 0.3) is 0 Å². The number of carbonyl (C=O) groups is 1. The largest absolute Gasteiger partial charge is 0.483 e. The van der Waals surface area contributed by atoms with Gasteiger partial charge in [-0.2, -0.15) is 4.31 Å². The number of amides is 1. The first-order valence-corrected chi connectivity index (χ1v) is 14.0. The minimum atomic E-state index is -5.63. The Balaban J connectivity index is 1.66. The van der Waals surface area contributed by atoms with Crippen molar-refractivity contribution in [3.63, 3.8) is 0 Å². The zero-order chi connectivity index (χ0) is 29.3. The Morgan fingerprint density at radius 2 is 1.69 bits per heavy atom. The van der Waals surface area contributed by atoms with Crippen LogP contribution in [0.3, 0.4) is 0 Å². The molecule has 1 aromatic rings. The highest BCUT2D eigenvalue weighted by atomic mass is 31.3. The first-order chi connectivity index (χ1) is 18.0. The first kappa shape index (κ1) is 31.7. The van der Waals surface area contributed by atoms with E-state index in [9.17, 15) is 58.8 Å². The van der Waals surface area contributed by atoms with Gasteiger partial charge in [0, 0.05) is 19.2 Å². The molecular weight excluding hydrogens is 580 g/mol. The van der Waals surface area contributed by atoms with Gasteiger partial charge in [-0.15, -0.1) is 0 Å². The third-order valence-corrected chi connectivity index (χ3v) is 8.16. The Bertz CT molecular complexity index is 1240. The molecule has 0 aliphatic carbocycles. The van der Waals surface area contributed by atoms with Crippen LogP contribution in [-0.2, 0) is 36.8 Å². The van der Waals surface area contributed by atoms with Gasteiger partial charge in [0.2, 0.25) is 5.91 Å². The molecule has 1 amide bonds. The van der Waals surface area contributed by atoms with Gasteiger partial charge in [-0.3, -0.25) is 28.2 Å². The Kier molecular flexibility index (Phi) is 10.0. The van der Waals surface area contributed by atoms with Crippen molar-refractivity contribution in [2.75, 3.05) is 13.2 Å². The van der Waals surface area contributed by atoms with Gasteiger partial charge in [0.15, 0.2) is 12.5 Å². The van der Waals surface area contributed by atoms with E-state index in [1.54, 1.807) is 0 Å². The number of rotatable bonds is 10. The minimum absolute atomic E-state index is 0.723. The van der Waals surface area contributed by atoms with E-state index in [-0.39, 0.29) is 0 Å². The van der Waals surface area contributed by atoms with E-state index in [1.165, 1.54) is 0 Å². The highest BCUT2D eigenvalue weighted by Gasteiger charge is 2.50. The van der Waals surface area contributed by atoms with Crippen molar-refractivity contribution in [2.24, 2.45) is 0 Å². The summed E-state index contributed by atoms with van der Waals surface area (Å²) in [6.07, 6.45) is -13.0. The summed E-state index contributed by atoms with van der Waals surface area (Å²) in [7, 11) is -11.1. The summed E-state index contributed by atoms with van der Waals surface area (Å²) in [4.78, 5) is 56.4. The number of nitrogens with zero attached hydrogens (tertiary/aromatic N) is 1. The maximum atomic E-state index is 12.4. The molecule has 2 aliphatic heterocycles. The van der Waals surface area contributed by atoms with E-state index in [0.29, 0.717) is 0 Å². The molecule has 2 fully saturated rings. The number of hydrogen-bond donors (Lipinski definition) is 9. The van der Waals surface area contributed by atoms with Gasteiger partial charge in [0.1, 0.15) is 42.7 Å². The molecule has 22 heteroatoms. The summed E-state index contributed by atoms with van der Waals surface area (Å²) in [6.45, 7) is -0.940. The average molecular weight is 607 g/mol. The summed E-state index contributed by atoms with van der Waals surface area (Å²) in [5.74, 6) is -0.796. The molecule has 3 rings (SSSR count). The molecule has 0 saturated carbocycles. The van der Waals surface area contributed by atoms with E-state index in [1.807, 2.05) is 4.98 Å². The van der Waals surface area contributed by atoms with E-state index >= 15 is 0 Å². The number of ether oxygens (including phenoxy) is 2. The molecule has 9 N–H and O–H groups in total. The third kappa shape index (κ3) is 7.66. The first-order valence-electron chi connectivity index (χ1n) is 11.0. The molecule has 39 heavy (non-hydrogen) atoms. The van der Waals surface area contributed by atoms with Crippen LogP contribution >= 0.6 is 15.6 Å². The topological polar surface area (TPSA) is 306 Å². The number of aromatic nitrogens is 2. The predicted octanol–water partition coefficient (Wildman–Crippen LogP) is -4.65. The number of phosphoric acid groups is 2. The van der Waals surface area contributed by atoms with Gasteiger partial charge in [0.25, 0.3) is 5.56 Å². The van der Waals surface area contributed by atoms with E-state index in [0.717, 1.165) is 23.8 Å². The standard InChI is InChI=1S/C17H27N3O17P2/c1-6(22)18-10-13(26)11(24)7(4-21)35-16(10)36-39(31,32)37-38(29,30)33-5-8-12(25)14(27)15(34-8)20-3-2-9(23)19-17(20)28/h2-3,7-8,10-16,21,24-27H,4-5H2,1H3,(H,18,22)(H,29,30)(H,31,32)(H,19,23,28)/t7-,8+,10-,11-,12-,13-,14-,15-,16-/m1/s1. The number of carbonyl (C=O) groups excluding carboxylic acids is 1. The van der Waals surface area contributed by atoms with Crippen LogP contribution in [0.4, 0.5) is 0 Å². The molecule has 2 saturated heterocycles. The van der Waals surface area contributed by atoms with Gasteiger partial charge >= 0.3 is 21.3 Å². The number of nitrogens with one attached hydrogen (secondary N) is 2. The summed E-state index contributed by atoms with van der Waals surface area (Å²) in [5, 5.41) is 51.9. The number of aliphatic hydroxyl groups excluding tert-OH is 5. The molecule has 1 aromatic heterocycles. The van der Waals surface area contributed by atoms with Gasteiger partial charge < -0.3 is 50.1 Å². The van der Waals surface area contributed by atoms with Gasteiger partial charge in [-0.25, -0.2) is 13.9 Å². The van der Waals surface area contributed by atoms with E-state index in [2.05, 4.69) is 18.7 Å². The van der Waals surface area contributed by atoms with Crippen molar-refractivity contribution in [1.29, 1.82) is 0 Å². The molecule has 0 bridgehead atoms. The lowest BCUT2D eigenvalue weighted by Crippen LogP contribution is -2.64. The molecule has 2 unspecified atom stereocenters. The lowest BCUT2D eigenvalue weighted by molar-refractivity contribution is -0.247. The average Bonchev–Trinajstić information content (AvgIpc) is 3.10. The molecule has 11 atom stereocenters. The Hall–Kier alpha value is -1.87. The zero-order valence-corrected chi connectivity index (χ0v) is 21.6. The molecule has 0 radical (unpaired) electrons. The maximum Gasteiger partial charge on any atom is 0.483 e. The monoisotopic (exact) mass is 607 g/mol. The third-order valence-electron chi connectivity index (χ3n) is 5.56. The van der Waals surface area contributed by atoms with Crippen molar-refractivity contribution in [3.8, 4) is 0 Å². The van der Waals surface area contributed by atoms with Gasteiger partial charge in [-0.1, -0.05) is 0 Å². The summed E-state index contributed by atoms with van der Waals surface area (Å²) in [5.41, 5.74) is -1.75. The van der Waals surface area contributed by atoms with Crippen molar-refractivity contribution in [1.82, 2.24) is 14.9 Å². The fraction of sp³-hybridized carbons (Fsp3) is 0.706. The van der Waals surface area contributed by atoms with Crippen molar-refractivity contribution < 1.29 is 72.1 Å². The zero-order valence-electron chi connectivity index (χ0n) is 19.8. The Labute approximate surface area is 217 Å². The molecule has 20 nitrogen and oxygen atoms in total. The van der Waals surface area contributed by atoms with Crippen LogP contribution in [0.5, 0.6) is 0 Å². The van der Waals surface area contributed by atoms with Crippen LogP contribution in [0.15, 0.2) is 21.9 Å². The smallest absolute Gasteiger partial charge is 0.394 e. The molecular formula is C17H27N3O17P2. The van der Waals surface area contributed by atoms with Crippen LogP contribution in [-0.4, -0.2) is 113 Å². The second-order valence-corrected chi connectivity index (χ2v) is 11.4. The number of hydrogen-bond acceptors (Lipinski definition) is 15. The van der Waals surface area contributed by atoms with Gasteiger partial charge in [0.05, 0.1) is 13.2 Å². The van der Waals surface area contributed by atoms with Crippen molar-refractivity contribution in [3.05, 3.63) is 33.1 Å². The molecule has 2 aliphatic rings. The molecule has 222 valence electrons. The van der Waals surface area contributed by atoms with Crippen molar-refractivity contribution >= 4 is 21.6 Å². The molecule has 0 aromatic carbocycles. The Morgan fingerprint density at radius 1 is 1.05 bits per heavy atom. The van der Waals surface area contributed by atoms with E-state index < -0.39 is 101 Å². The molecule has 0 spiro atoms. The SMILES string of the molecule is CC(=O)N[C@H]1[C@@H](OP(=O)(O)OP(=O)(O)OC[C@@H]2O[C@@H](n3ccc(=O)[nH]c3=O)[C@H](O)[C@@H]2O)O[C@H](CO)[C@@H](O)[C@@H]1O. The Morgan fingerprint density at radius 3 is 2.28 bits per heavy atom. The highest BCUT2D eigenvalue weighted by molar-refractivity contribution is 7.61. The van der Waals surface area contributed by atoms with Crippen LogP contribution in [0, 0.1) is 0 Å². The lowest BCUT2D eigenvalue weighted by Gasteiger charge is -2.42. The van der Waals surface area contributed by atoms with Crippen LogP contribution in [0.2, 0.25) is 0 Å². The highest BCUT2D eigenvalue weighted by Crippen LogP contribution is 2.61. The normalized spacial score (nSPS) is 36.2. The van der Waals surface area contributed by atoms with Crippen molar-refractivity contribution in [2.45, 2.75) is 62.1 Å². The molecule has 3 heterocycles. The number of aliphatic hydroxyl groups is 5. The van der Waals surface area contributed by atoms with Gasteiger partial charge in [-0.05, 0) is 0 Å². The second kappa shape index (κ2) is 12.3. The van der Waals surface area contributed by atoms with Crippen LogP contribution < -0.4 is 16.6 Å². The summed E-state index contributed by atoms with van der Waals surface area (Å²) >= 11 is 0. The number of aromatic amines is 1. The predicted molar refractivity (Wildman–Crippen MR) is 120 cm³/mol. The second-order valence-electron chi connectivity index (χ2n) is 8.42. The number of phosphoric ester groups is 2. The summed E-state index contributed by atoms with van der Waals surface area (Å²) < 4.78 is 49.2. The minimum Gasteiger partial charge on any atom is -0.394 e. The number of H-pyrrole nitrogens is 1. The van der Waals surface area contributed by atoms with Crippen LogP contribution in [0.1, 0.15) is 13.2 Å². The maximum absolute atomic E-state index is 12.4. The fourth-order valence-corrected chi connectivity index (χ4v) is 5.92. The lowest BCUT2D eigenvalue weighted by atomic mass is 9.97. The fourth-order valence-electron chi connectivity index (χ4n) is 3.76. The van der Waals surface area contributed by atoms with E-state index in [4.69, 9.17) is 9.47 Å².